The maximum Gasteiger partial charge on any atom is 0.306 e. The largest absolute Gasteiger partial charge is 0.462 e. The van der Waals surface area contributed by atoms with Crippen molar-refractivity contribution in [2.45, 2.75) is 291 Å². The number of carbonyl (C=O) groups excluding carboxylic acids is 3. The zero-order chi connectivity index (χ0) is 42.6. The minimum atomic E-state index is -0.760. The third kappa shape index (κ3) is 44.0. The molecule has 0 aromatic rings. The summed E-state index contributed by atoms with van der Waals surface area (Å²) < 4.78 is 16.7. The average Bonchev–Trinajstić information content (AvgIpc) is 3.21. The summed E-state index contributed by atoms with van der Waals surface area (Å²) in [6.45, 7) is 11.3. The monoisotopic (exact) mass is 821 g/mol. The number of esters is 3. The first kappa shape index (κ1) is 56.4. The van der Waals surface area contributed by atoms with Gasteiger partial charge >= 0.3 is 17.9 Å². The van der Waals surface area contributed by atoms with Gasteiger partial charge in [0.05, 0.1) is 0 Å². The molecular weight excluding hydrogens is 721 g/mol. The lowest BCUT2D eigenvalue weighted by atomic mass is 9.99. The van der Waals surface area contributed by atoms with Gasteiger partial charge in [-0.2, -0.15) is 0 Å². The zero-order valence-corrected chi connectivity index (χ0v) is 39.7. The van der Waals surface area contributed by atoms with Crippen molar-refractivity contribution in [3.63, 3.8) is 0 Å². The van der Waals surface area contributed by atoms with Crippen LogP contribution in [-0.2, 0) is 28.6 Å². The molecule has 0 aliphatic rings. The number of hydrogen-bond acceptors (Lipinski definition) is 6. The van der Waals surface area contributed by atoms with Crippen molar-refractivity contribution in [1.29, 1.82) is 0 Å². The molecule has 0 radical (unpaired) electrons. The molecule has 0 amide bonds. The fourth-order valence-electron chi connectivity index (χ4n) is 7.78. The van der Waals surface area contributed by atoms with E-state index in [1.165, 1.54) is 173 Å². The lowest BCUT2D eigenvalue weighted by Gasteiger charge is -2.18. The van der Waals surface area contributed by atoms with Crippen molar-refractivity contribution < 1.29 is 28.6 Å². The summed E-state index contributed by atoms with van der Waals surface area (Å²) >= 11 is 0. The molecule has 58 heavy (non-hydrogen) atoms. The third-order valence-electron chi connectivity index (χ3n) is 12.1. The van der Waals surface area contributed by atoms with Gasteiger partial charge in [-0.1, -0.05) is 247 Å². The Labute approximate surface area is 361 Å². The summed E-state index contributed by atoms with van der Waals surface area (Å²) in [5.41, 5.74) is 0. The molecule has 0 aliphatic heterocycles. The molecule has 0 aliphatic carbocycles. The number of rotatable bonds is 46. The first-order valence-corrected chi connectivity index (χ1v) is 25.8. The second-order valence-electron chi connectivity index (χ2n) is 18.5. The Morgan fingerprint density at radius 2 is 0.655 bits per heavy atom. The molecule has 0 fully saturated rings. The highest BCUT2D eigenvalue weighted by Gasteiger charge is 2.19. The van der Waals surface area contributed by atoms with Crippen LogP contribution in [0.1, 0.15) is 285 Å². The molecule has 0 spiro atoms. The van der Waals surface area contributed by atoms with Crippen LogP contribution < -0.4 is 0 Å². The molecular formula is C52H100O6. The minimum absolute atomic E-state index is 0.0650. The molecule has 0 bridgehead atoms. The van der Waals surface area contributed by atoms with E-state index in [4.69, 9.17) is 14.2 Å². The quantitative estimate of drug-likeness (QED) is 0.0346. The zero-order valence-electron chi connectivity index (χ0n) is 39.7. The van der Waals surface area contributed by atoms with Gasteiger partial charge in [-0.05, 0) is 31.1 Å². The Hall–Kier alpha value is -1.59. The fraction of sp³-hybridized carbons (Fsp3) is 0.942. The van der Waals surface area contributed by atoms with Crippen LogP contribution in [0.2, 0.25) is 0 Å². The summed E-state index contributed by atoms with van der Waals surface area (Å²) in [5.74, 6) is 0.848. The Kier molecular flexibility index (Phi) is 43.7. The highest BCUT2D eigenvalue weighted by Crippen LogP contribution is 2.18. The third-order valence-corrected chi connectivity index (χ3v) is 12.1. The topological polar surface area (TPSA) is 78.9 Å². The number of ether oxygens (including phenoxy) is 3. The van der Waals surface area contributed by atoms with Gasteiger partial charge in [0.2, 0.25) is 0 Å². The fourth-order valence-corrected chi connectivity index (χ4v) is 7.78. The van der Waals surface area contributed by atoms with E-state index in [0.29, 0.717) is 19.3 Å². The summed E-state index contributed by atoms with van der Waals surface area (Å²) in [7, 11) is 0. The van der Waals surface area contributed by atoms with Crippen LogP contribution in [0.25, 0.3) is 0 Å². The molecule has 0 saturated carbocycles. The maximum atomic E-state index is 12.8. The van der Waals surface area contributed by atoms with E-state index >= 15 is 0 Å². The van der Waals surface area contributed by atoms with E-state index in [1.807, 2.05) is 0 Å². The molecule has 0 aromatic heterocycles. The van der Waals surface area contributed by atoms with Gasteiger partial charge in [0.15, 0.2) is 6.10 Å². The molecule has 0 N–H and O–H groups in total. The molecule has 0 aromatic carbocycles. The SMILES string of the molecule is CCCCCCCCCC(=O)OC[C@H](COC(=O)CCCCCCCCCCC(C)C)OC(=O)CCCCCCCCCCCCCCCCCCCCC(C)CC. The highest BCUT2D eigenvalue weighted by atomic mass is 16.6. The Balaban J connectivity index is 4.13. The van der Waals surface area contributed by atoms with Gasteiger partial charge in [0, 0.05) is 19.3 Å². The second kappa shape index (κ2) is 44.9. The first-order valence-electron chi connectivity index (χ1n) is 25.8. The Morgan fingerprint density at radius 1 is 0.362 bits per heavy atom. The van der Waals surface area contributed by atoms with Crippen LogP contribution in [0.3, 0.4) is 0 Å². The van der Waals surface area contributed by atoms with E-state index in [2.05, 4.69) is 34.6 Å². The number of hydrogen-bond donors (Lipinski definition) is 0. The number of carbonyl (C=O) groups is 3. The van der Waals surface area contributed by atoms with Crippen LogP contribution in [0.4, 0.5) is 0 Å². The second-order valence-corrected chi connectivity index (χ2v) is 18.5. The summed E-state index contributed by atoms with van der Waals surface area (Å²) in [6, 6.07) is 0. The van der Waals surface area contributed by atoms with Crippen molar-refractivity contribution in [2.75, 3.05) is 13.2 Å². The highest BCUT2D eigenvalue weighted by molar-refractivity contribution is 5.71. The molecule has 1 unspecified atom stereocenters. The van der Waals surface area contributed by atoms with Crippen LogP contribution in [0, 0.1) is 11.8 Å². The van der Waals surface area contributed by atoms with Gasteiger partial charge in [-0.25, -0.2) is 0 Å². The smallest absolute Gasteiger partial charge is 0.306 e. The van der Waals surface area contributed by atoms with E-state index in [1.54, 1.807) is 0 Å². The van der Waals surface area contributed by atoms with E-state index in [-0.39, 0.29) is 31.1 Å². The Bertz CT molecular complexity index is 887. The normalized spacial score (nSPS) is 12.5. The van der Waals surface area contributed by atoms with Gasteiger partial charge in [0.1, 0.15) is 13.2 Å². The van der Waals surface area contributed by atoms with Crippen LogP contribution in [0.15, 0.2) is 0 Å². The lowest BCUT2D eigenvalue weighted by Crippen LogP contribution is -2.30. The van der Waals surface area contributed by atoms with E-state index in [0.717, 1.165) is 69.6 Å². The van der Waals surface area contributed by atoms with Gasteiger partial charge in [0.25, 0.3) is 0 Å². The predicted octanol–water partition coefficient (Wildman–Crippen LogP) is 16.5. The van der Waals surface area contributed by atoms with E-state index < -0.39 is 6.10 Å². The molecule has 2 atom stereocenters. The molecule has 6 nitrogen and oxygen atoms in total. The van der Waals surface area contributed by atoms with Gasteiger partial charge in [-0.15, -0.1) is 0 Å². The van der Waals surface area contributed by atoms with Crippen molar-refractivity contribution in [1.82, 2.24) is 0 Å². The van der Waals surface area contributed by atoms with Gasteiger partial charge in [-0.3, -0.25) is 14.4 Å². The van der Waals surface area contributed by atoms with Crippen LogP contribution in [0.5, 0.6) is 0 Å². The van der Waals surface area contributed by atoms with Crippen LogP contribution >= 0.6 is 0 Å². The predicted molar refractivity (Wildman–Crippen MR) is 247 cm³/mol. The summed E-state index contributed by atoms with van der Waals surface area (Å²) in [6.07, 6.45) is 45.4. The van der Waals surface area contributed by atoms with Crippen molar-refractivity contribution in [3.8, 4) is 0 Å². The number of unbranched alkanes of at least 4 members (excludes halogenated alkanes) is 30. The summed E-state index contributed by atoms with van der Waals surface area (Å²) in [5, 5.41) is 0. The Morgan fingerprint density at radius 3 is 0.983 bits per heavy atom. The molecule has 6 heteroatoms. The van der Waals surface area contributed by atoms with Crippen molar-refractivity contribution >= 4 is 17.9 Å². The maximum absolute atomic E-state index is 12.8. The van der Waals surface area contributed by atoms with E-state index in [9.17, 15) is 14.4 Å². The first-order chi connectivity index (χ1) is 28.3. The molecule has 344 valence electrons. The standard InChI is InChI=1S/C52H100O6/c1-6-8-9-10-25-32-37-42-50(53)56-45-49(46-57-51(54)43-38-33-28-24-23-26-30-35-40-47(3)4)58-52(55)44-39-34-29-22-20-18-16-14-12-11-13-15-17-19-21-27-31-36-41-48(5)7-2/h47-49H,6-46H2,1-5H3/t48?,49-/m1/s1. The lowest BCUT2D eigenvalue weighted by molar-refractivity contribution is -0.167. The molecule has 0 heterocycles. The van der Waals surface area contributed by atoms with Crippen molar-refractivity contribution in [3.05, 3.63) is 0 Å². The molecule has 0 saturated heterocycles. The summed E-state index contributed by atoms with van der Waals surface area (Å²) in [4.78, 5) is 37.7. The van der Waals surface area contributed by atoms with Gasteiger partial charge < -0.3 is 14.2 Å². The molecule has 0 rings (SSSR count). The van der Waals surface area contributed by atoms with Crippen LogP contribution in [-0.4, -0.2) is 37.2 Å². The van der Waals surface area contributed by atoms with Crippen molar-refractivity contribution in [2.24, 2.45) is 11.8 Å². The minimum Gasteiger partial charge on any atom is -0.462 e. The average molecular weight is 821 g/mol.